The Hall–Kier alpha value is -0.770. The maximum atomic E-state index is 11.2. The summed E-state index contributed by atoms with van der Waals surface area (Å²) in [7, 11) is 0. The zero-order chi connectivity index (χ0) is 9.14. The fourth-order valence-corrected chi connectivity index (χ4v) is 1.39. The van der Waals surface area contributed by atoms with Crippen molar-refractivity contribution in [2.45, 2.75) is 32.4 Å². The van der Waals surface area contributed by atoms with E-state index in [9.17, 15) is 9.90 Å². The Bertz CT molecular complexity index is 172. The van der Waals surface area contributed by atoms with Gasteiger partial charge in [0.05, 0.1) is 18.8 Å². The number of likely N-dealkylation sites (tertiary alicyclic amines) is 1. The van der Waals surface area contributed by atoms with Crippen molar-refractivity contribution >= 4 is 6.09 Å². The molecule has 0 aliphatic carbocycles. The molecule has 0 aromatic carbocycles. The minimum atomic E-state index is -0.394. The molecule has 4 heteroatoms. The third-order valence-corrected chi connectivity index (χ3v) is 2.22. The van der Waals surface area contributed by atoms with Crippen molar-refractivity contribution in [2.24, 2.45) is 0 Å². The maximum Gasteiger partial charge on any atom is 0.410 e. The summed E-state index contributed by atoms with van der Waals surface area (Å²) in [5, 5.41) is 9.34. The minimum absolute atomic E-state index is 0.107. The van der Waals surface area contributed by atoms with Crippen LogP contribution in [0.4, 0.5) is 4.79 Å². The number of rotatable bonds is 1. The third-order valence-electron chi connectivity index (χ3n) is 2.22. The van der Waals surface area contributed by atoms with Crippen LogP contribution in [0.2, 0.25) is 0 Å². The van der Waals surface area contributed by atoms with Gasteiger partial charge in [-0.25, -0.2) is 4.79 Å². The quantitative estimate of drug-likeness (QED) is 0.631. The lowest BCUT2D eigenvalue weighted by Gasteiger charge is -2.21. The maximum absolute atomic E-state index is 11.2. The van der Waals surface area contributed by atoms with E-state index in [1.165, 1.54) is 0 Å². The van der Waals surface area contributed by atoms with Gasteiger partial charge in [0, 0.05) is 6.54 Å². The summed E-state index contributed by atoms with van der Waals surface area (Å²) in [6, 6.07) is -0.107. The largest absolute Gasteiger partial charge is 0.450 e. The van der Waals surface area contributed by atoms with Crippen LogP contribution in [-0.2, 0) is 4.74 Å². The van der Waals surface area contributed by atoms with Crippen LogP contribution in [0.1, 0.15) is 20.3 Å². The SMILES string of the molecule is CCOC(=O)N1CC[C@H](O)[C@H]1C. The fraction of sp³-hybridized carbons (Fsp3) is 0.875. The van der Waals surface area contributed by atoms with E-state index in [1.807, 2.05) is 6.92 Å². The molecule has 1 aliphatic rings. The zero-order valence-electron chi connectivity index (χ0n) is 7.49. The average molecular weight is 173 g/mol. The first-order valence-electron chi connectivity index (χ1n) is 4.28. The van der Waals surface area contributed by atoms with Crippen molar-refractivity contribution < 1.29 is 14.6 Å². The lowest BCUT2D eigenvalue weighted by molar-refractivity contribution is 0.0845. The second kappa shape index (κ2) is 3.76. The summed E-state index contributed by atoms with van der Waals surface area (Å²) in [5.41, 5.74) is 0. The Morgan fingerprint density at radius 1 is 1.75 bits per heavy atom. The first-order valence-corrected chi connectivity index (χ1v) is 4.28. The number of hydrogen-bond acceptors (Lipinski definition) is 3. The molecule has 1 aliphatic heterocycles. The van der Waals surface area contributed by atoms with Crippen molar-refractivity contribution in [2.75, 3.05) is 13.2 Å². The lowest BCUT2D eigenvalue weighted by Crippen LogP contribution is -2.37. The number of carbonyl (C=O) groups is 1. The topological polar surface area (TPSA) is 49.8 Å². The van der Waals surface area contributed by atoms with E-state index >= 15 is 0 Å². The molecule has 4 nitrogen and oxygen atoms in total. The number of nitrogens with zero attached hydrogens (tertiary/aromatic N) is 1. The van der Waals surface area contributed by atoms with E-state index in [4.69, 9.17) is 4.74 Å². The highest BCUT2D eigenvalue weighted by molar-refractivity contribution is 5.68. The van der Waals surface area contributed by atoms with Gasteiger partial charge in [0.15, 0.2) is 0 Å². The van der Waals surface area contributed by atoms with E-state index in [2.05, 4.69) is 0 Å². The van der Waals surface area contributed by atoms with Gasteiger partial charge in [0.2, 0.25) is 0 Å². The van der Waals surface area contributed by atoms with Gasteiger partial charge in [0.1, 0.15) is 0 Å². The van der Waals surface area contributed by atoms with Gasteiger partial charge < -0.3 is 14.7 Å². The van der Waals surface area contributed by atoms with Crippen molar-refractivity contribution in [1.82, 2.24) is 4.90 Å². The molecule has 0 radical (unpaired) electrons. The molecule has 1 N–H and O–H groups in total. The number of aliphatic hydroxyl groups is 1. The monoisotopic (exact) mass is 173 g/mol. The molecular weight excluding hydrogens is 158 g/mol. The van der Waals surface area contributed by atoms with Crippen LogP contribution < -0.4 is 0 Å². The number of amides is 1. The molecule has 1 amide bonds. The highest BCUT2D eigenvalue weighted by Crippen LogP contribution is 2.17. The van der Waals surface area contributed by atoms with Crippen LogP contribution in [0, 0.1) is 0 Å². The van der Waals surface area contributed by atoms with Crippen molar-refractivity contribution in [3.8, 4) is 0 Å². The van der Waals surface area contributed by atoms with Crippen molar-refractivity contribution in [1.29, 1.82) is 0 Å². The molecule has 1 fully saturated rings. The van der Waals surface area contributed by atoms with E-state index in [0.717, 1.165) is 0 Å². The highest BCUT2D eigenvalue weighted by atomic mass is 16.6. The van der Waals surface area contributed by atoms with Gasteiger partial charge in [-0.1, -0.05) is 0 Å². The predicted molar refractivity (Wildman–Crippen MR) is 43.8 cm³/mol. The average Bonchev–Trinajstić information content (AvgIpc) is 2.34. The van der Waals surface area contributed by atoms with Gasteiger partial charge in [-0.2, -0.15) is 0 Å². The molecule has 1 heterocycles. The Morgan fingerprint density at radius 2 is 2.42 bits per heavy atom. The Labute approximate surface area is 72.1 Å². The van der Waals surface area contributed by atoms with Gasteiger partial charge >= 0.3 is 6.09 Å². The summed E-state index contributed by atoms with van der Waals surface area (Å²) in [6.07, 6.45) is -0.0593. The van der Waals surface area contributed by atoms with Crippen LogP contribution in [0.15, 0.2) is 0 Å². The molecule has 1 saturated heterocycles. The molecular formula is C8H15NO3. The Kier molecular flexibility index (Phi) is 2.92. The predicted octanol–water partition coefficient (Wildman–Crippen LogP) is 0.598. The number of hydrogen-bond donors (Lipinski definition) is 1. The Balaban J connectivity index is 2.47. The molecule has 0 saturated carbocycles. The fourth-order valence-electron chi connectivity index (χ4n) is 1.39. The summed E-state index contributed by atoms with van der Waals surface area (Å²) in [5.74, 6) is 0. The first-order chi connectivity index (χ1) is 5.66. The molecule has 70 valence electrons. The molecule has 1 rings (SSSR count). The van der Waals surface area contributed by atoms with Crippen molar-refractivity contribution in [3.63, 3.8) is 0 Å². The lowest BCUT2D eigenvalue weighted by atomic mass is 10.2. The van der Waals surface area contributed by atoms with Gasteiger partial charge in [-0.05, 0) is 20.3 Å². The molecule has 0 spiro atoms. The van der Waals surface area contributed by atoms with Gasteiger partial charge in [-0.15, -0.1) is 0 Å². The molecule has 0 aromatic heterocycles. The van der Waals surface area contributed by atoms with Crippen LogP contribution in [0.25, 0.3) is 0 Å². The minimum Gasteiger partial charge on any atom is -0.450 e. The third kappa shape index (κ3) is 1.69. The normalized spacial score (nSPS) is 29.1. The second-order valence-corrected chi connectivity index (χ2v) is 2.99. The summed E-state index contributed by atoms with van der Waals surface area (Å²) in [4.78, 5) is 12.8. The molecule has 0 aromatic rings. The number of aliphatic hydroxyl groups excluding tert-OH is 1. The van der Waals surface area contributed by atoms with Crippen LogP contribution in [0.3, 0.4) is 0 Å². The Morgan fingerprint density at radius 3 is 2.83 bits per heavy atom. The van der Waals surface area contributed by atoms with Crippen molar-refractivity contribution in [3.05, 3.63) is 0 Å². The second-order valence-electron chi connectivity index (χ2n) is 2.99. The van der Waals surface area contributed by atoms with Crippen LogP contribution in [0.5, 0.6) is 0 Å². The van der Waals surface area contributed by atoms with E-state index < -0.39 is 6.10 Å². The molecule has 0 bridgehead atoms. The standard InChI is InChI=1S/C8H15NO3/c1-3-12-8(11)9-5-4-7(10)6(9)2/h6-7,10H,3-5H2,1-2H3/t6-,7+/m1/s1. The summed E-state index contributed by atoms with van der Waals surface area (Å²) in [6.45, 7) is 4.59. The van der Waals surface area contributed by atoms with Crippen LogP contribution in [-0.4, -0.2) is 41.4 Å². The first kappa shape index (κ1) is 9.32. The highest BCUT2D eigenvalue weighted by Gasteiger charge is 2.33. The molecule has 12 heavy (non-hydrogen) atoms. The van der Waals surface area contributed by atoms with E-state index in [1.54, 1.807) is 11.8 Å². The molecule has 2 atom stereocenters. The number of ether oxygens (including phenoxy) is 1. The summed E-state index contributed by atoms with van der Waals surface area (Å²) >= 11 is 0. The van der Waals surface area contributed by atoms with Gasteiger partial charge in [-0.3, -0.25) is 0 Å². The van der Waals surface area contributed by atoms with Gasteiger partial charge in [0.25, 0.3) is 0 Å². The number of carbonyl (C=O) groups excluding carboxylic acids is 1. The molecule has 0 unspecified atom stereocenters. The van der Waals surface area contributed by atoms with E-state index in [0.29, 0.717) is 19.6 Å². The smallest absolute Gasteiger partial charge is 0.410 e. The summed E-state index contributed by atoms with van der Waals surface area (Å²) < 4.78 is 4.82. The van der Waals surface area contributed by atoms with Crippen LogP contribution >= 0.6 is 0 Å². The van der Waals surface area contributed by atoms with E-state index in [-0.39, 0.29) is 12.1 Å². The zero-order valence-corrected chi connectivity index (χ0v) is 7.49.